The molecule has 0 aliphatic rings. The lowest BCUT2D eigenvalue weighted by molar-refractivity contribution is -0.138. The maximum Gasteiger partial charge on any atom is 0.310 e. The highest BCUT2D eigenvalue weighted by Crippen LogP contribution is 2.21. The third-order valence-electron chi connectivity index (χ3n) is 4.23. The first kappa shape index (κ1) is 20.2. The van der Waals surface area contributed by atoms with Crippen molar-refractivity contribution in [3.05, 3.63) is 64.7 Å². The molecule has 26 heavy (non-hydrogen) atoms. The second-order valence-corrected chi connectivity index (χ2v) is 6.67. The molecular weight excluding hydrogens is 352 g/mol. The van der Waals surface area contributed by atoms with E-state index >= 15 is 0 Å². The predicted octanol–water partition coefficient (Wildman–Crippen LogP) is 3.98. The molecule has 6 heteroatoms. The van der Waals surface area contributed by atoms with Crippen LogP contribution in [0.15, 0.2) is 48.5 Å². The zero-order valence-electron chi connectivity index (χ0n) is 15.0. The molecule has 0 aliphatic heterocycles. The van der Waals surface area contributed by atoms with Gasteiger partial charge in [-0.25, -0.2) is 5.43 Å². The van der Waals surface area contributed by atoms with Crippen LogP contribution in [0.1, 0.15) is 43.4 Å². The topological polar surface area (TPSA) is 72.8 Å². The normalized spacial score (nSPS) is 13.2. The van der Waals surface area contributed by atoms with Crippen molar-refractivity contribution in [2.75, 3.05) is 18.1 Å². The van der Waals surface area contributed by atoms with Crippen molar-refractivity contribution in [3.8, 4) is 0 Å². The third-order valence-corrected chi connectivity index (χ3v) is 4.47. The summed E-state index contributed by atoms with van der Waals surface area (Å²) in [6.07, 6.45) is 0.243. The molecule has 5 nitrogen and oxygen atoms in total. The molecule has 0 saturated heterocycles. The van der Waals surface area contributed by atoms with Gasteiger partial charge < -0.3 is 15.2 Å². The van der Waals surface area contributed by atoms with E-state index in [-0.39, 0.29) is 0 Å². The van der Waals surface area contributed by atoms with Gasteiger partial charge in [-0.1, -0.05) is 42.8 Å². The lowest BCUT2D eigenvalue weighted by atomic mass is 10.0. The second kappa shape index (κ2) is 9.57. The molecule has 0 bridgehead atoms. The molecule has 0 amide bonds. The molecule has 140 valence electrons. The van der Waals surface area contributed by atoms with Gasteiger partial charge in [0, 0.05) is 18.1 Å². The number of rotatable bonds is 9. The van der Waals surface area contributed by atoms with Crippen molar-refractivity contribution in [2.45, 2.75) is 32.3 Å². The van der Waals surface area contributed by atoms with Crippen LogP contribution in [0.5, 0.6) is 0 Å². The Balaban J connectivity index is 2.05. The molecule has 0 radical (unpaired) electrons. The fourth-order valence-corrected chi connectivity index (χ4v) is 2.84. The number of nitrogens with one attached hydrogen (secondary N) is 1. The van der Waals surface area contributed by atoms with Gasteiger partial charge in [0.25, 0.3) is 0 Å². The van der Waals surface area contributed by atoms with E-state index in [0.29, 0.717) is 11.6 Å². The van der Waals surface area contributed by atoms with Gasteiger partial charge in [0.15, 0.2) is 0 Å². The molecule has 0 aromatic heterocycles. The number of anilines is 1. The molecule has 2 rings (SSSR count). The Hall–Kier alpha value is -2.08. The molecule has 0 fully saturated rings. The maximum atomic E-state index is 11.1. The highest BCUT2D eigenvalue weighted by Gasteiger charge is 2.15. The highest BCUT2D eigenvalue weighted by molar-refractivity contribution is 6.30. The minimum atomic E-state index is -0.842. The quantitative estimate of drug-likeness (QED) is 0.577. The number of hydrazine groups is 1. The summed E-state index contributed by atoms with van der Waals surface area (Å²) in [6.45, 7) is 4.84. The zero-order valence-corrected chi connectivity index (χ0v) is 15.8. The van der Waals surface area contributed by atoms with Crippen LogP contribution in [0.3, 0.4) is 0 Å². The van der Waals surface area contributed by atoms with E-state index in [1.807, 2.05) is 41.4 Å². The molecule has 1 unspecified atom stereocenters. The van der Waals surface area contributed by atoms with Gasteiger partial charge in [-0.15, -0.1) is 0 Å². The molecule has 0 saturated carbocycles. The molecule has 2 atom stereocenters. The van der Waals surface area contributed by atoms with Crippen molar-refractivity contribution in [1.29, 1.82) is 0 Å². The summed E-state index contributed by atoms with van der Waals surface area (Å²) in [5.74, 6) is -1.38. The monoisotopic (exact) mass is 376 g/mol. The van der Waals surface area contributed by atoms with Crippen LogP contribution in [-0.2, 0) is 4.79 Å². The van der Waals surface area contributed by atoms with E-state index in [0.717, 1.165) is 29.8 Å². The van der Waals surface area contributed by atoms with Crippen molar-refractivity contribution in [2.24, 2.45) is 0 Å². The number of carbonyl (C=O) groups is 1. The Labute approximate surface area is 159 Å². The van der Waals surface area contributed by atoms with E-state index in [1.165, 1.54) is 0 Å². The Kier molecular flexibility index (Phi) is 7.45. The van der Waals surface area contributed by atoms with Gasteiger partial charge >= 0.3 is 5.97 Å². The Morgan fingerprint density at radius 2 is 1.88 bits per heavy atom. The largest absolute Gasteiger partial charge is 0.481 e. The van der Waals surface area contributed by atoms with Crippen LogP contribution in [-0.4, -0.2) is 29.3 Å². The van der Waals surface area contributed by atoms with Crippen LogP contribution in [0, 0.1) is 0 Å². The van der Waals surface area contributed by atoms with Crippen LogP contribution < -0.4 is 10.4 Å². The molecule has 0 heterocycles. The first-order valence-corrected chi connectivity index (χ1v) is 9.07. The number of hydrogen-bond donors (Lipinski definition) is 3. The Bertz CT molecular complexity index is 721. The van der Waals surface area contributed by atoms with Crippen LogP contribution >= 0.6 is 11.6 Å². The van der Waals surface area contributed by atoms with Gasteiger partial charge in [0.2, 0.25) is 0 Å². The SMILES string of the molecule is CCCN(NC[C@H](O)c1cccc(Cl)c1)c1ccc(C(C)C(=O)O)cc1. The van der Waals surface area contributed by atoms with Gasteiger partial charge in [-0.3, -0.25) is 4.79 Å². The number of aliphatic hydroxyl groups excluding tert-OH is 1. The van der Waals surface area contributed by atoms with Crippen molar-refractivity contribution in [1.82, 2.24) is 5.43 Å². The van der Waals surface area contributed by atoms with Gasteiger partial charge in [-0.2, -0.15) is 0 Å². The Morgan fingerprint density at radius 1 is 1.19 bits per heavy atom. The maximum absolute atomic E-state index is 11.1. The lowest BCUT2D eigenvalue weighted by Gasteiger charge is -2.27. The van der Waals surface area contributed by atoms with Gasteiger partial charge in [0.1, 0.15) is 0 Å². The summed E-state index contributed by atoms with van der Waals surface area (Å²) < 4.78 is 0. The number of carboxylic acid groups (broad SMARTS) is 1. The van der Waals surface area contributed by atoms with E-state index in [1.54, 1.807) is 19.1 Å². The van der Waals surface area contributed by atoms with E-state index in [2.05, 4.69) is 12.3 Å². The third kappa shape index (κ3) is 5.46. The summed E-state index contributed by atoms with van der Waals surface area (Å²) in [5.41, 5.74) is 5.69. The minimum absolute atomic E-state index is 0.341. The summed E-state index contributed by atoms with van der Waals surface area (Å²) in [6, 6.07) is 14.6. The van der Waals surface area contributed by atoms with Crippen LogP contribution in [0.4, 0.5) is 5.69 Å². The van der Waals surface area contributed by atoms with Crippen molar-refractivity contribution < 1.29 is 15.0 Å². The first-order valence-electron chi connectivity index (χ1n) is 8.69. The molecule has 0 spiro atoms. The molecule has 3 N–H and O–H groups in total. The summed E-state index contributed by atoms with van der Waals surface area (Å²) in [7, 11) is 0. The number of nitrogens with zero attached hydrogens (tertiary/aromatic N) is 1. The average Bonchev–Trinajstić information content (AvgIpc) is 2.64. The molecule has 0 aliphatic carbocycles. The standard InChI is InChI=1S/C20H25ClN2O3/c1-3-11-23(18-9-7-15(8-10-18)14(2)20(25)26)22-13-19(24)16-5-4-6-17(21)12-16/h4-10,12,14,19,22,24H,3,11,13H2,1-2H3,(H,25,26)/t14?,19-/m0/s1. The minimum Gasteiger partial charge on any atom is -0.481 e. The van der Waals surface area contributed by atoms with Crippen LogP contribution in [0.25, 0.3) is 0 Å². The molecule has 2 aromatic rings. The fourth-order valence-electron chi connectivity index (χ4n) is 2.64. The summed E-state index contributed by atoms with van der Waals surface area (Å²) in [5, 5.41) is 22.0. The van der Waals surface area contributed by atoms with Crippen molar-refractivity contribution in [3.63, 3.8) is 0 Å². The Morgan fingerprint density at radius 3 is 2.46 bits per heavy atom. The number of halogens is 1. The molecular formula is C20H25ClN2O3. The van der Waals surface area contributed by atoms with Gasteiger partial charge in [-0.05, 0) is 48.7 Å². The van der Waals surface area contributed by atoms with Crippen molar-refractivity contribution >= 4 is 23.3 Å². The van der Waals surface area contributed by atoms with E-state index in [4.69, 9.17) is 16.7 Å². The predicted molar refractivity (Wildman–Crippen MR) is 105 cm³/mol. The first-order chi connectivity index (χ1) is 12.4. The number of aliphatic hydroxyl groups is 1. The highest BCUT2D eigenvalue weighted by atomic mass is 35.5. The van der Waals surface area contributed by atoms with E-state index < -0.39 is 18.0 Å². The second-order valence-electron chi connectivity index (χ2n) is 6.24. The lowest BCUT2D eigenvalue weighted by Crippen LogP contribution is -2.41. The molecule has 2 aromatic carbocycles. The number of aliphatic carboxylic acids is 1. The fraction of sp³-hybridized carbons (Fsp3) is 0.350. The smallest absolute Gasteiger partial charge is 0.310 e. The number of benzene rings is 2. The van der Waals surface area contributed by atoms with E-state index in [9.17, 15) is 9.90 Å². The van der Waals surface area contributed by atoms with Crippen LogP contribution in [0.2, 0.25) is 5.02 Å². The summed E-state index contributed by atoms with van der Waals surface area (Å²) >= 11 is 5.98. The average molecular weight is 377 g/mol. The zero-order chi connectivity index (χ0) is 19.1. The summed E-state index contributed by atoms with van der Waals surface area (Å²) in [4.78, 5) is 11.1. The van der Waals surface area contributed by atoms with Gasteiger partial charge in [0.05, 0.1) is 17.7 Å². The number of hydrogen-bond acceptors (Lipinski definition) is 4. The number of carboxylic acids is 1.